The first-order valence-corrected chi connectivity index (χ1v) is 7.26. The summed E-state index contributed by atoms with van der Waals surface area (Å²) in [7, 11) is 0. The van der Waals surface area contributed by atoms with Crippen LogP contribution < -0.4 is 0 Å². The number of hydrogen-bond donors (Lipinski definition) is 1. The highest BCUT2D eigenvalue weighted by Gasteiger charge is 2.11. The van der Waals surface area contributed by atoms with Crippen molar-refractivity contribution in [2.45, 2.75) is 12.5 Å². The van der Waals surface area contributed by atoms with Gasteiger partial charge in [0.25, 0.3) is 0 Å². The second-order valence-electron chi connectivity index (χ2n) is 3.65. The molecule has 1 aromatic heterocycles. The van der Waals surface area contributed by atoms with Crippen molar-refractivity contribution in [2.24, 2.45) is 0 Å². The molecule has 0 saturated carbocycles. The van der Waals surface area contributed by atoms with E-state index in [0.717, 1.165) is 14.0 Å². The van der Waals surface area contributed by atoms with Gasteiger partial charge in [0.2, 0.25) is 0 Å². The first-order valence-electron chi connectivity index (χ1n) is 4.92. The van der Waals surface area contributed by atoms with Crippen LogP contribution in [0.5, 0.6) is 0 Å². The predicted octanol–water partition coefficient (Wildman–Crippen LogP) is 4.42. The number of thiophene rings is 1. The minimum Gasteiger partial charge on any atom is -0.388 e. The van der Waals surface area contributed by atoms with E-state index in [4.69, 9.17) is 11.6 Å². The van der Waals surface area contributed by atoms with Crippen molar-refractivity contribution in [3.63, 3.8) is 0 Å². The summed E-state index contributed by atoms with van der Waals surface area (Å²) in [6, 6.07) is 6.46. The van der Waals surface area contributed by atoms with E-state index in [-0.39, 0.29) is 5.02 Å². The van der Waals surface area contributed by atoms with Gasteiger partial charge in [-0.05, 0) is 57.3 Å². The van der Waals surface area contributed by atoms with Crippen LogP contribution in [0.3, 0.4) is 0 Å². The highest BCUT2D eigenvalue weighted by molar-refractivity contribution is 14.1. The number of aliphatic hydroxyl groups is 1. The molecule has 1 aromatic carbocycles. The van der Waals surface area contributed by atoms with Gasteiger partial charge in [-0.3, -0.25) is 0 Å². The summed E-state index contributed by atoms with van der Waals surface area (Å²) in [5, 5.41) is 12.0. The standard InChI is InChI=1S/C12H9ClFIOS/c13-9-3-7(1-2-10(9)14)4-11(16)8-5-12(15)17-6-8/h1-3,5-6,11,16H,4H2. The van der Waals surface area contributed by atoms with Crippen LogP contribution in [0.15, 0.2) is 29.6 Å². The molecule has 1 N–H and O–H groups in total. The summed E-state index contributed by atoms with van der Waals surface area (Å²) < 4.78 is 14.1. The molecule has 1 nitrogen and oxygen atoms in total. The molecule has 0 aliphatic rings. The van der Waals surface area contributed by atoms with Crippen LogP contribution in [0, 0.1) is 8.70 Å². The molecule has 0 bridgehead atoms. The third-order valence-corrected chi connectivity index (χ3v) is 4.48. The Bertz CT molecular complexity index is 529. The lowest BCUT2D eigenvalue weighted by Gasteiger charge is -2.09. The third-order valence-electron chi connectivity index (χ3n) is 2.39. The molecule has 1 heterocycles. The second-order valence-corrected chi connectivity index (χ2v) is 6.87. The van der Waals surface area contributed by atoms with Crippen LogP contribution in [0.4, 0.5) is 4.39 Å². The monoisotopic (exact) mass is 382 g/mol. The van der Waals surface area contributed by atoms with E-state index in [1.807, 2.05) is 11.4 Å². The van der Waals surface area contributed by atoms with Crippen LogP contribution in [0.25, 0.3) is 0 Å². The molecule has 0 saturated heterocycles. The van der Waals surface area contributed by atoms with Crippen molar-refractivity contribution in [1.82, 2.24) is 0 Å². The van der Waals surface area contributed by atoms with Crippen molar-refractivity contribution in [1.29, 1.82) is 0 Å². The van der Waals surface area contributed by atoms with Crippen LogP contribution in [0.1, 0.15) is 17.2 Å². The first kappa shape index (κ1) is 13.3. The Morgan fingerprint density at radius 2 is 2.18 bits per heavy atom. The van der Waals surface area contributed by atoms with Crippen molar-refractivity contribution in [3.05, 3.63) is 54.5 Å². The Balaban J connectivity index is 2.12. The van der Waals surface area contributed by atoms with E-state index >= 15 is 0 Å². The number of halogens is 3. The largest absolute Gasteiger partial charge is 0.388 e. The fourth-order valence-electron chi connectivity index (χ4n) is 1.51. The lowest BCUT2D eigenvalue weighted by atomic mass is 10.0. The smallest absolute Gasteiger partial charge is 0.141 e. The van der Waals surface area contributed by atoms with Gasteiger partial charge < -0.3 is 5.11 Å². The third kappa shape index (κ3) is 3.40. The molecule has 2 aromatic rings. The number of benzene rings is 1. The highest BCUT2D eigenvalue weighted by Crippen LogP contribution is 2.26. The maximum absolute atomic E-state index is 13.0. The average Bonchev–Trinajstić information content (AvgIpc) is 2.70. The molecular formula is C12H9ClFIOS. The lowest BCUT2D eigenvalue weighted by Crippen LogP contribution is -2.00. The van der Waals surface area contributed by atoms with Crippen LogP contribution in [-0.2, 0) is 6.42 Å². The maximum atomic E-state index is 13.0. The van der Waals surface area contributed by atoms with Gasteiger partial charge in [-0.2, -0.15) is 0 Å². The van der Waals surface area contributed by atoms with Gasteiger partial charge >= 0.3 is 0 Å². The Morgan fingerprint density at radius 3 is 2.76 bits per heavy atom. The molecule has 0 amide bonds. The van der Waals surface area contributed by atoms with Gasteiger partial charge in [-0.1, -0.05) is 17.7 Å². The average molecular weight is 383 g/mol. The molecule has 0 aliphatic heterocycles. The summed E-state index contributed by atoms with van der Waals surface area (Å²) in [4.78, 5) is 0. The molecule has 2 rings (SSSR count). The summed E-state index contributed by atoms with van der Waals surface area (Å²) in [6.45, 7) is 0. The molecule has 5 heteroatoms. The molecule has 90 valence electrons. The maximum Gasteiger partial charge on any atom is 0.141 e. The molecule has 17 heavy (non-hydrogen) atoms. The zero-order valence-electron chi connectivity index (χ0n) is 8.66. The lowest BCUT2D eigenvalue weighted by molar-refractivity contribution is 0.179. The first-order chi connectivity index (χ1) is 8.06. The van der Waals surface area contributed by atoms with Gasteiger partial charge in [0.15, 0.2) is 0 Å². The van der Waals surface area contributed by atoms with Gasteiger partial charge in [0, 0.05) is 6.42 Å². The van der Waals surface area contributed by atoms with Crippen molar-refractivity contribution in [3.8, 4) is 0 Å². The van der Waals surface area contributed by atoms with Gasteiger partial charge in [-0.25, -0.2) is 4.39 Å². The summed E-state index contributed by atoms with van der Waals surface area (Å²) in [6.07, 6.45) is -0.136. The Kier molecular flexibility index (Phi) is 4.41. The normalized spacial score (nSPS) is 12.7. The van der Waals surface area contributed by atoms with E-state index in [2.05, 4.69) is 22.6 Å². The SMILES string of the molecule is OC(Cc1ccc(F)c(Cl)c1)c1csc(I)c1. The minimum absolute atomic E-state index is 0.0922. The molecule has 0 fully saturated rings. The number of hydrogen-bond acceptors (Lipinski definition) is 2. The predicted molar refractivity (Wildman–Crippen MR) is 77.1 cm³/mol. The zero-order chi connectivity index (χ0) is 12.4. The second kappa shape index (κ2) is 5.65. The topological polar surface area (TPSA) is 20.2 Å². The summed E-state index contributed by atoms with van der Waals surface area (Å²) in [5.41, 5.74) is 1.71. The summed E-state index contributed by atoms with van der Waals surface area (Å²) in [5.74, 6) is -0.435. The molecule has 0 spiro atoms. The van der Waals surface area contributed by atoms with Gasteiger partial charge in [0.05, 0.1) is 14.0 Å². The molecule has 0 radical (unpaired) electrons. The highest BCUT2D eigenvalue weighted by atomic mass is 127. The van der Waals surface area contributed by atoms with Crippen molar-refractivity contribution >= 4 is 45.5 Å². The fourth-order valence-corrected chi connectivity index (χ4v) is 3.13. The summed E-state index contributed by atoms with van der Waals surface area (Å²) >= 11 is 9.49. The molecule has 1 unspecified atom stereocenters. The zero-order valence-corrected chi connectivity index (χ0v) is 12.4. The van der Waals surface area contributed by atoms with E-state index in [0.29, 0.717) is 6.42 Å². The van der Waals surface area contributed by atoms with Crippen molar-refractivity contribution < 1.29 is 9.50 Å². The van der Waals surface area contributed by atoms with Crippen molar-refractivity contribution in [2.75, 3.05) is 0 Å². The number of rotatable bonds is 3. The number of aliphatic hydroxyl groups excluding tert-OH is 1. The van der Waals surface area contributed by atoms with Crippen LogP contribution >= 0.6 is 45.5 Å². The Hall–Kier alpha value is -0.170. The Morgan fingerprint density at radius 1 is 1.41 bits per heavy atom. The molecule has 1 atom stereocenters. The van der Waals surface area contributed by atoms with E-state index < -0.39 is 11.9 Å². The van der Waals surface area contributed by atoms with Crippen LogP contribution in [-0.4, -0.2) is 5.11 Å². The van der Waals surface area contributed by atoms with Crippen LogP contribution in [0.2, 0.25) is 5.02 Å². The molecule has 0 aliphatic carbocycles. The van der Waals surface area contributed by atoms with E-state index in [9.17, 15) is 9.50 Å². The van der Waals surface area contributed by atoms with Gasteiger partial charge in [0.1, 0.15) is 5.82 Å². The molecular weight excluding hydrogens is 374 g/mol. The van der Waals surface area contributed by atoms with Gasteiger partial charge in [-0.15, -0.1) is 11.3 Å². The fraction of sp³-hybridized carbons (Fsp3) is 0.167. The minimum atomic E-state index is -0.573. The van der Waals surface area contributed by atoms with E-state index in [1.54, 1.807) is 23.5 Å². The Labute approximate surface area is 121 Å². The quantitative estimate of drug-likeness (QED) is 0.779. The van der Waals surface area contributed by atoms with E-state index in [1.165, 1.54) is 6.07 Å².